The Morgan fingerprint density at radius 3 is 2.82 bits per heavy atom. The van der Waals surface area contributed by atoms with Gasteiger partial charge >= 0.3 is 0 Å². The molecule has 1 unspecified atom stereocenters. The van der Waals surface area contributed by atoms with Gasteiger partial charge in [-0.1, -0.05) is 0 Å². The van der Waals surface area contributed by atoms with E-state index in [4.69, 9.17) is 9.16 Å². The van der Waals surface area contributed by atoms with Crippen molar-refractivity contribution < 1.29 is 9.16 Å². The predicted molar refractivity (Wildman–Crippen MR) is 55.2 cm³/mol. The summed E-state index contributed by atoms with van der Waals surface area (Å²) in [4.78, 5) is 0.326. The number of hydrogen-bond acceptors (Lipinski definition) is 2. The molecule has 0 aromatic rings. The van der Waals surface area contributed by atoms with Crippen molar-refractivity contribution in [3.8, 4) is 0 Å². The molecule has 0 aromatic carbocycles. The lowest BCUT2D eigenvalue weighted by molar-refractivity contribution is 0.0267. The van der Waals surface area contributed by atoms with Gasteiger partial charge in [0.1, 0.15) is 0 Å². The third kappa shape index (κ3) is 2.43. The van der Waals surface area contributed by atoms with Gasteiger partial charge in [0.2, 0.25) is 0 Å². The highest BCUT2D eigenvalue weighted by Gasteiger charge is 2.31. The summed E-state index contributed by atoms with van der Waals surface area (Å²) in [6.07, 6.45) is 3.90. The molecule has 0 aromatic heterocycles. The topological polar surface area (TPSA) is 18.5 Å². The molecule has 2 nitrogen and oxygen atoms in total. The zero-order chi connectivity index (χ0) is 8.16. The molecular formula is C6H17BO2Si2. The van der Waals surface area contributed by atoms with E-state index in [0.717, 1.165) is 6.61 Å². The van der Waals surface area contributed by atoms with E-state index in [-0.39, 0.29) is 9.39 Å². The van der Waals surface area contributed by atoms with Gasteiger partial charge in [-0.25, -0.2) is 0 Å². The highest BCUT2D eigenvalue weighted by Crippen LogP contribution is 2.21. The van der Waals surface area contributed by atoms with Crippen molar-refractivity contribution in [1.29, 1.82) is 0 Å². The lowest BCUT2D eigenvalue weighted by Crippen LogP contribution is -2.48. The maximum absolute atomic E-state index is 5.85. The van der Waals surface area contributed by atoms with E-state index in [1.807, 2.05) is 7.11 Å². The summed E-state index contributed by atoms with van der Waals surface area (Å²) in [5.74, 6) is 0. The summed E-state index contributed by atoms with van der Waals surface area (Å²) in [5, 5.41) is 0. The van der Waals surface area contributed by atoms with Crippen LogP contribution in [0, 0.1) is 0 Å². The first kappa shape index (κ1) is 9.51. The van der Waals surface area contributed by atoms with Gasteiger partial charge in [0.15, 0.2) is 9.76 Å². The van der Waals surface area contributed by atoms with Crippen molar-refractivity contribution >= 4 is 26.6 Å². The fraction of sp³-hybridized carbons (Fsp3) is 1.00. The van der Waals surface area contributed by atoms with Crippen LogP contribution in [0.15, 0.2) is 0 Å². The van der Waals surface area contributed by atoms with Crippen LogP contribution in [0.2, 0.25) is 0 Å². The highest BCUT2D eigenvalue weighted by atomic mass is 28.3. The van der Waals surface area contributed by atoms with Gasteiger partial charge < -0.3 is 9.16 Å². The molecule has 1 aliphatic rings. The van der Waals surface area contributed by atoms with Crippen LogP contribution >= 0.6 is 0 Å². The smallest absolute Gasteiger partial charge is 0.188 e. The fourth-order valence-corrected chi connectivity index (χ4v) is 5.20. The van der Waals surface area contributed by atoms with Crippen LogP contribution in [0.1, 0.15) is 19.3 Å². The first-order chi connectivity index (χ1) is 5.33. The lowest BCUT2D eigenvalue weighted by atomic mass is 10.2. The second-order valence-electron chi connectivity index (χ2n) is 3.28. The summed E-state index contributed by atoms with van der Waals surface area (Å²) in [7, 11) is 3.75. The van der Waals surface area contributed by atoms with E-state index >= 15 is 0 Å². The van der Waals surface area contributed by atoms with Gasteiger partial charge in [-0.2, -0.15) is 0 Å². The maximum Gasteiger partial charge on any atom is 0.188 e. The third-order valence-electron chi connectivity index (χ3n) is 2.49. The Bertz CT molecular complexity index is 112. The van der Waals surface area contributed by atoms with E-state index in [1.165, 1.54) is 19.3 Å². The van der Waals surface area contributed by atoms with Gasteiger partial charge in [0.05, 0.1) is 12.3 Å². The molecule has 0 N–H and O–H groups in total. The second kappa shape index (κ2) is 4.45. The van der Waals surface area contributed by atoms with Crippen molar-refractivity contribution in [2.45, 2.75) is 24.1 Å². The molecule has 0 bridgehead atoms. The first-order valence-electron chi connectivity index (χ1n) is 4.46. The Hall–Kier alpha value is 0.419. The Kier molecular flexibility index (Phi) is 3.84. The standard InChI is InChI=1S/C6H17BO2Si2/c1-8-11-6(10-7)4-2-3-5-9-6/h2-5,7,10-11H2,1H3. The van der Waals surface area contributed by atoms with Crippen molar-refractivity contribution in [2.24, 2.45) is 0 Å². The summed E-state index contributed by atoms with van der Waals surface area (Å²) in [6, 6.07) is 0. The monoisotopic (exact) mass is 188 g/mol. The zero-order valence-corrected chi connectivity index (χ0v) is 10.4. The number of hydrogen-bond donors (Lipinski definition) is 0. The van der Waals surface area contributed by atoms with E-state index in [9.17, 15) is 0 Å². The minimum atomic E-state index is -0.391. The molecule has 1 aliphatic heterocycles. The Balaban J connectivity index is 2.42. The zero-order valence-electron chi connectivity index (χ0n) is 7.56. The molecule has 1 rings (SSSR count). The SMILES string of the molecule is B[SiH2]C1([SiH2]OC)CCCCO1. The average Bonchev–Trinajstić information content (AvgIpc) is 2.07. The van der Waals surface area contributed by atoms with Crippen LogP contribution in [0.3, 0.4) is 0 Å². The van der Waals surface area contributed by atoms with Crippen LogP contribution in [0.25, 0.3) is 0 Å². The summed E-state index contributed by atoms with van der Waals surface area (Å²) in [5.41, 5.74) is 0. The Labute approximate surface area is 74.1 Å². The molecule has 1 heterocycles. The van der Waals surface area contributed by atoms with Crippen molar-refractivity contribution in [2.75, 3.05) is 13.7 Å². The molecule has 1 fully saturated rings. The van der Waals surface area contributed by atoms with Gasteiger partial charge in [-0.05, 0) is 19.3 Å². The second-order valence-corrected chi connectivity index (χ2v) is 8.43. The van der Waals surface area contributed by atoms with E-state index in [1.54, 1.807) is 0 Å². The predicted octanol–water partition coefficient (Wildman–Crippen LogP) is -1.71. The molecule has 64 valence electrons. The Morgan fingerprint density at radius 1 is 1.55 bits per heavy atom. The molecule has 1 atom stereocenters. The van der Waals surface area contributed by atoms with E-state index in [2.05, 4.69) is 7.44 Å². The summed E-state index contributed by atoms with van der Waals surface area (Å²) >= 11 is 0. The quantitative estimate of drug-likeness (QED) is 0.491. The van der Waals surface area contributed by atoms with Crippen LogP contribution in [0.5, 0.6) is 0 Å². The Morgan fingerprint density at radius 2 is 2.36 bits per heavy atom. The number of rotatable bonds is 3. The molecule has 0 saturated carbocycles. The minimum Gasteiger partial charge on any atom is -0.425 e. The van der Waals surface area contributed by atoms with Gasteiger partial charge in [-0.15, -0.1) is 0 Å². The third-order valence-corrected chi connectivity index (χ3v) is 7.82. The molecule has 5 heteroatoms. The van der Waals surface area contributed by atoms with Crippen LogP contribution < -0.4 is 0 Å². The lowest BCUT2D eigenvalue weighted by Gasteiger charge is -2.35. The van der Waals surface area contributed by atoms with Crippen LogP contribution in [0.4, 0.5) is 0 Å². The van der Waals surface area contributed by atoms with E-state index in [0.29, 0.717) is 4.85 Å². The van der Waals surface area contributed by atoms with Gasteiger partial charge in [-0.3, -0.25) is 0 Å². The summed E-state index contributed by atoms with van der Waals surface area (Å²) in [6.45, 7) is 0.983. The van der Waals surface area contributed by atoms with Crippen LogP contribution in [-0.2, 0) is 9.16 Å². The average molecular weight is 188 g/mol. The molecule has 0 aliphatic carbocycles. The first-order valence-corrected chi connectivity index (χ1v) is 7.86. The van der Waals surface area contributed by atoms with Crippen molar-refractivity contribution in [3.63, 3.8) is 0 Å². The van der Waals surface area contributed by atoms with Gasteiger partial charge in [0.25, 0.3) is 0 Å². The molecule has 0 radical (unpaired) electrons. The maximum atomic E-state index is 5.85. The normalized spacial score (nSPS) is 34.3. The van der Waals surface area contributed by atoms with Crippen molar-refractivity contribution in [3.05, 3.63) is 0 Å². The fourth-order valence-electron chi connectivity index (χ4n) is 1.67. The molecule has 1 saturated heterocycles. The van der Waals surface area contributed by atoms with Crippen LogP contribution in [-0.4, -0.2) is 45.2 Å². The minimum absolute atomic E-state index is 0.0351. The molecule has 11 heavy (non-hydrogen) atoms. The largest absolute Gasteiger partial charge is 0.425 e. The highest BCUT2D eigenvalue weighted by molar-refractivity contribution is 6.95. The molecule has 0 spiro atoms. The molecular weight excluding hydrogens is 171 g/mol. The van der Waals surface area contributed by atoms with Gasteiger partial charge in [0, 0.05) is 23.1 Å². The molecule has 0 amide bonds. The summed E-state index contributed by atoms with van der Waals surface area (Å²) < 4.78 is 11.2. The van der Waals surface area contributed by atoms with E-state index < -0.39 is 9.76 Å². The number of ether oxygens (including phenoxy) is 1. The van der Waals surface area contributed by atoms with Crippen molar-refractivity contribution in [1.82, 2.24) is 0 Å².